The number of hydroxylamine groups is 2. The van der Waals surface area contributed by atoms with E-state index in [1.807, 2.05) is 52.0 Å². The van der Waals surface area contributed by atoms with Crippen molar-refractivity contribution in [3.63, 3.8) is 0 Å². The van der Waals surface area contributed by atoms with E-state index in [0.717, 1.165) is 24.7 Å². The van der Waals surface area contributed by atoms with Crippen LogP contribution in [0.25, 0.3) is 0 Å². The first-order valence-corrected chi connectivity index (χ1v) is 21.5. The Balaban J connectivity index is 0.00000222. The number of carbonyl (C=O) groups excluding carboxylic acids is 4. The number of aliphatic hydroxyl groups excluding tert-OH is 1. The molecule has 0 radical (unpaired) electrons. The quantitative estimate of drug-likeness (QED) is 0.0217. The number of nitrogens with one attached hydrogen (secondary N) is 1. The molecule has 6 N–H and O–H groups in total. The minimum absolute atomic E-state index is 0.0214. The molecule has 3 rings (SSSR count). The number of nitrogens with two attached hydrogens (primary N) is 2. The van der Waals surface area contributed by atoms with Crippen molar-refractivity contribution in [3.05, 3.63) is 58.8 Å². The number of nitrogens with zero attached hydrogens (tertiary/aromatic N) is 3. The number of hydrogen-bond donors (Lipinski definition) is 4. The fraction of sp³-hybridized carbons (Fsp3) is 0.622. The second-order valence-electron chi connectivity index (χ2n) is 16.4. The second-order valence-corrected chi connectivity index (χ2v) is 17.2. The minimum Gasteiger partial charge on any atom is -0.516 e. The van der Waals surface area contributed by atoms with Crippen LogP contribution in [0.5, 0.6) is 0 Å². The van der Waals surface area contributed by atoms with E-state index in [-0.39, 0.29) is 53.6 Å². The number of esters is 1. The molecule has 0 saturated carbocycles. The number of aromatic nitrogens is 1. The number of nitrogen functional groups attached to an aromatic ring is 1. The van der Waals surface area contributed by atoms with Gasteiger partial charge in [0.2, 0.25) is 12.3 Å². The Morgan fingerprint density at radius 1 is 1.15 bits per heavy atom. The molecule has 1 saturated heterocycles. The molecule has 1 aliphatic heterocycles. The maximum atomic E-state index is 13.5. The number of benzene rings is 1. The molecule has 13 nitrogen and oxygen atoms in total. The Labute approximate surface area is 358 Å². The average molecular weight is 843 g/mol. The molecule has 0 bridgehead atoms. The SMILES string of the molecule is C#CCCCON(C(=O)C[C@@H](C)CC)C(CC(OC(C)=O)c1nc(C(=O)NC(Cc2ccc(N)cc2)CC(C)(C)C)cs1)C(C)C.C=CO.CN1CCCCC1.NC=O. The Bertz CT molecular complexity index is 1520. The number of anilines is 1. The highest BCUT2D eigenvalue weighted by molar-refractivity contribution is 7.09. The van der Waals surface area contributed by atoms with Crippen LogP contribution in [0.1, 0.15) is 140 Å². The van der Waals surface area contributed by atoms with Gasteiger partial charge in [-0.15, -0.1) is 23.7 Å². The first kappa shape index (κ1) is 54.6. The van der Waals surface area contributed by atoms with E-state index in [4.69, 9.17) is 31.6 Å². The number of unbranched alkanes of at least 4 members (excludes halogenated alkanes) is 1. The average Bonchev–Trinajstić information content (AvgIpc) is 3.66. The van der Waals surface area contributed by atoms with Gasteiger partial charge in [0, 0.05) is 43.3 Å². The predicted molar refractivity (Wildman–Crippen MR) is 239 cm³/mol. The van der Waals surface area contributed by atoms with Crippen molar-refractivity contribution in [2.75, 3.05) is 32.5 Å². The molecule has 3 unspecified atom stereocenters. The van der Waals surface area contributed by atoms with E-state index < -0.39 is 18.1 Å². The van der Waals surface area contributed by atoms with Crippen LogP contribution in [-0.2, 0) is 30.4 Å². The Morgan fingerprint density at radius 3 is 2.22 bits per heavy atom. The summed E-state index contributed by atoms with van der Waals surface area (Å²) in [5.41, 5.74) is 12.0. The lowest BCUT2D eigenvalue weighted by Crippen LogP contribution is -2.45. The van der Waals surface area contributed by atoms with Crippen molar-refractivity contribution >= 4 is 41.2 Å². The van der Waals surface area contributed by atoms with Crippen LogP contribution in [0.3, 0.4) is 0 Å². The van der Waals surface area contributed by atoms with Crippen LogP contribution in [0.4, 0.5) is 5.69 Å². The molecule has 1 aliphatic rings. The van der Waals surface area contributed by atoms with Gasteiger partial charge in [-0.2, -0.15) is 0 Å². The number of terminal acetylenes is 1. The van der Waals surface area contributed by atoms with Crippen LogP contribution in [0, 0.1) is 29.6 Å². The third-order valence-electron chi connectivity index (χ3n) is 9.26. The zero-order chi connectivity index (χ0) is 45.0. The summed E-state index contributed by atoms with van der Waals surface area (Å²) < 4.78 is 5.77. The van der Waals surface area contributed by atoms with Gasteiger partial charge in [0.1, 0.15) is 10.7 Å². The molecule has 4 atom stereocenters. The zero-order valence-corrected chi connectivity index (χ0v) is 38.0. The standard InChI is InChI=1S/C36H54N4O5S.C6H13N.C2H4O.CH3NO/c1-10-12-13-18-44-40(33(42)19-25(5)11-2)31(24(3)4)21-32(45-26(6)41)35-39-30(23-46-35)34(43)38-29(22-36(7,8)9)20-27-14-16-28(37)17-15-27;1-7-5-3-2-4-6-7;1-2-3;2-1-3/h1,14-17,23-25,29,31-32H,11-13,18-22,37H2,2-9H3,(H,38,43);2-6H2,1H3;2-3H,1H2;1H,(H2,2,3)/t25-,29?,31?,32?;;;/m0.../s1. The van der Waals surface area contributed by atoms with Crippen LogP contribution in [0.15, 0.2) is 42.5 Å². The molecule has 1 aromatic carbocycles. The summed E-state index contributed by atoms with van der Waals surface area (Å²) >= 11 is 1.26. The molecule has 3 amide bonds. The van der Waals surface area contributed by atoms with Crippen molar-refractivity contribution in [3.8, 4) is 12.3 Å². The molecule has 1 fully saturated rings. The number of amides is 3. The van der Waals surface area contributed by atoms with E-state index in [2.05, 4.69) is 61.3 Å². The number of hydrogen-bond acceptors (Lipinski definition) is 11. The molecule has 14 heteroatoms. The summed E-state index contributed by atoms with van der Waals surface area (Å²) in [6.07, 6.45) is 13.9. The maximum Gasteiger partial charge on any atom is 0.303 e. The highest BCUT2D eigenvalue weighted by Gasteiger charge is 2.34. The Morgan fingerprint density at radius 2 is 1.75 bits per heavy atom. The lowest BCUT2D eigenvalue weighted by molar-refractivity contribution is -0.210. The molecular weight excluding hydrogens is 769 g/mol. The summed E-state index contributed by atoms with van der Waals surface area (Å²) in [5.74, 6) is 1.86. The largest absolute Gasteiger partial charge is 0.516 e. The minimum atomic E-state index is -0.773. The molecule has 0 spiro atoms. The highest BCUT2D eigenvalue weighted by atomic mass is 32.1. The number of aliphatic hydroxyl groups is 1. The number of thiazole rings is 1. The monoisotopic (exact) mass is 843 g/mol. The van der Waals surface area contributed by atoms with Crippen LogP contribution >= 0.6 is 11.3 Å². The van der Waals surface area contributed by atoms with E-state index >= 15 is 0 Å². The number of likely N-dealkylation sites (tertiary alicyclic amines) is 1. The molecule has 0 aliphatic carbocycles. The number of primary amides is 1. The van der Waals surface area contributed by atoms with Crippen LogP contribution in [0.2, 0.25) is 0 Å². The lowest BCUT2D eigenvalue weighted by atomic mass is 9.85. The zero-order valence-electron chi connectivity index (χ0n) is 37.2. The topological polar surface area (TPSA) is 190 Å². The first-order valence-electron chi connectivity index (χ1n) is 20.6. The lowest BCUT2D eigenvalue weighted by Gasteiger charge is -2.35. The summed E-state index contributed by atoms with van der Waals surface area (Å²) in [4.78, 5) is 60.9. The van der Waals surface area contributed by atoms with E-state index in [1.54, 1.807) is 5.38 Å². The van der Waals surface area contributed by atoms with Gasteiger partial charge in [-0.3, -0.25) is 24.0 Å². The third-order valence-corrected chi connectivity index (χ3v) is 10.2. The van der Waals surface area contributed by atoms with Crippen molar-refractivity contribution in [2.45, 2.75) is 138 Å². The molecular formula is C45H74N6O7S. The van der Waals surface area contributed by atoms with Gasteiger partial charge in [-0.05, 0) is 87.2 Å². The number of carbonyl (C=O) groups is 4. The Hall–Kier alpha value is -4.45. The third kappa shape index (κ3) is 24.9. The summed E-state index contributed by atoms with van der Waals surface area (Å²) in [7, 11) is 2.19. The van der Waals surface area contributed by atoms with Gasteiger partial charge in [-0.25, -0.2) is 10.0 Å². The normalized spacial score (nSPS) is 14.5. The van der Waals surface area contributed by atoms with Crippen LogP contribution < -0.4 is 16.8 Å². The highest BCUT2D eigenvalue weighted by Crippen LogP contribution is 2.32. The summed E-state index contributed by atoms with van der Waals surface area (Å²) in [5, 5.41) is 14.1. The van der Waals surface area contributed by atoms with Crippen molar-refractivity contribution in [1.29, 1.82) is 0 Å². The van der Waals surface area contributed by atoms with E-state index in [0.29, 0.717) is 43.0 Å². The van der Waals surface area contributed by atoms with Crippen molar-refractivity contribution in [2.24, 2.45) is 23.0 Å². The Kier molecular flexibility index (Phi) is 28.3. The van der Waals surface area contributed by atoms with Gasteiger partial charge < -0.3 is 31.5 Å². The van der Waals surface area contributed by atoms with Gasteiger partial charge >= 0.3 is 5.97 Å². The van der Waals surface area contributed by atoms with Crippen LogP contribution in [-0.4, -0.2) is 83.1 Å². The van der Waals surface area contributed by atoms with Gasteiger partial charge in [0.05, 0.1) is 18.9 Å². The van der Waals surface area contributed by atoms with Gasteiger partial charge in [0.15, 0.2) is 6.10 Å². The fourth-order valence-corrected chi connectivity index (χ4v) is 7.02. The van der Waals surface area contributed by atoms with Crippen molar-refractivity contribution < 1.29 is 33.9 Å². The summed E-state index contributed by atoms with van der Waals surface area (Å²) in [6, 6.07) is 7.13. The second kappa shape index (κ2) is 30.6. The molecule has 2 aromatic rings. The van der Waals surface area contributed by atoms with E-state index in [1.165, 1.54) is 55.7 Å². The number of piperidine rings is 1. The predicted octanol–water partition coefficient (Wildman–Crippen LogP) is 8.02. The smallest absolute Gasteiger partial charge is 0.303 e. The van der Waals surface area contributed by atoms with Gasteiger partial charge in [-0.1, -0.05) is 80.0 Å². The molecule has 332 valence electrons. The molecule has 2 heterocycles. The van der Waals surface area contributed by atoms with Gasteiger partial charge in [0.25, 0.3) is 5.91 Å². The van der Waals surface area contributed by atoms with Crippen molar-refractivity contribution in [1.82, 2.24) is 20.3 Å². The first-order chi connectivity index (χ1) is 27.8. The maximum absolute atomic E-state index is 13.5. The fourth-order valence-electron chi connectivity index (χ4n) is 6.18. The number of ether oxygens (including phenoxy) is 1. The molecule has 59 heavy (non-hydrogen) atoms. The van der Waals surface area contributed by atoms with E-state index in [9.17, 15) is 14.4 Å². The number of rotatable bonds is 18. The molecule has 1 aromatic heterocycles. The summed E-state index contributed by atoms with van der Waals surface area (Å²) in [6.45, 7) is 21.7.